The lowest BCUT2D eigenvalue weighted by atomic mass is 11.7. The molecule has 0 saturated heterocycles. The maximum absolute atomic E-state index is 6.34. The van der Waals surface area contributed by atoms with Crippen molar-refractivity contribution < 1.29 is 0 Å². The largest absolute Gasteiger partial charge is 0.309 e. The van der Waals surface area contributed by atoms with Crippen LogP contribution in [-0.2, 0) is 0 Å². The molecule has 0 heterocycles. The third-order valence-corrected chi connectivity index (χ3v) is 0.433. The molecule has 1 nitrogen and oxygen atoms in total. The molecule has 2 heteroatoms. The lowest BCUT2D eigenvalue weighted by Gasteiger charge is -1.57. The van der Waals surface area contributed by atoms with Crippen LogP contribution in [0.4, 0.5) is 0 Å². The van der Waals surface area contributed by atoms with Crippen LogP contribution in [0.3, 0.4) is 0 Å². The average molecular weight is 75.1 g/mol. The van der Waals surface area contributed by atoms with Crippen molar-refractivity contribution in [3.05, 3.63) is 0 Å². The standard InChI is InChI=1S/C2H6NP/c1-4-2-3/h2-4H,1H3. The second-order valence-corrected chi connectivity index (χ2v) is 1.30. The minimum atomic E-state index is 0.682. The summed E-state index contributed by atoms with van der Waals surface area (Å²) in [6.45, 7) is 1.97. The first-order valence-electron chi connectivity index (χ1n) is 1.08. The van der Waals surface area contributed by atoms with Crippen molar-refractivity contribution in [2.75, 3.05) is 6.66 Å². The lowest BCUT2D eigenvalue weighted by Crippen LogP contribution is -1.36. The van der Waals surface area contributed by atoms with E-state index in [1.807, 2.05) is 6.66 Å². The third kappa shape index (κ3) is 2.10. The Kier molecular flexibility index (Phi) is 3.18. The van der Waals surface area contributed by atoms with Crippen LogP contribution in [0.2, 0.25) is 0 Å². The summed E-state index contributed by atoms with van der Waals surface area (Å²) in [5, 5.41) is 6.34. The average Bonchev–Trinajstić information content (AvgIpc) is 1.37. The molecule has 0 aromatic heterocycles. The Labute approximate surface area is 27.7 Å². The summed E-state index contributed by atoms with van der Waals surface area (Å²) < 4.78 is 0. The fraction of sp³-hybridized carbons (Fsp3) is 0.500. The predicted octanol–water partition coefficient (Wildman–Crippen LogP) is 0.902. The summed E-state index contributed by atoms with van der Waals surface area (Å²) in [5.74, 6) is 1.40. The molecule has 1 N–H and O–H groups in total. The minimum absolute atomic E-state index is 0.682. The van der Waals surface area contributed by atoms with Crippen molar-refractivity contribution in [2.24, 2.45) is 0 Å². The van der Waals surface area contributed by atoms with Crippen LogP contribution in [0.25, 0.3) is 0 Å². The van der Waals surface area contributed by atoms with Gasteiger partial charge in [0.1, 0.15) is 0 Å². The predicted molar refractivity (Wildman–Crippen MR) is 23.0 cm³/mol. The SMILES string of the molecule is CPC=N. The third-order valence-electron chi connectivity index (χ3n) is 0.144. The van der Waals surface area contributed by atoms with E-state index in [4.69, 9.17) is 5.41 Å². The van der Waals surface area contributed by atoms with Crippen LogP contribution in [0, 0.1) is 5.41 Å². The summed E-state index contributed by atoms with van der Waals surface area (Å²) in [5.41, 5.74) is 0. The molecule has 0 aromatic carbocycles. The van der Waals surface area contributed by atoms with E-state index in [0.717, 1.165) is 0 Å². The molecule has 4 heavy (non-hydrogen) atoms. The summed E-state index contributed by atoms with van der Waals surface area (Å²) >= 11 is 0. The zero-order valence-corrected chi connectivity index (χ0v) is 3.58. The highest BCUT2D eigenvalue weighted by Crippen LogP contribution is 1.88. The van der Waals surface area contributed by atoms with Gasteiger partial charge in [0.25, 0.3) is 0 Å². The monoisotopic (exact) mass is 75.0 g/mol. The van der Waals surface area contributed by atoms with Gasteiger partial charge in [-0.25, -0.2) is 0 Å². The van der Waals surface area contributed by atoms with Crippen LogP contribution in [0.15, 0.2) is 0 Å². The molecule has 1 atom stereocenters. The molecule has 0 aliphatic heterocycles. The minimum Gasteiger partial charge on any atom is -0.309 e. The summed E-state index contributed by atoms with van der Waals surface area (Å²) in [4.78, 5) is 0. The van der Waals surface area contributed by atoms with Gasteiger partial charge in [-0.3, -0.25) is 0 Å². The molecule has 24 valence electrons. The first kappa shape index (κ1) is 4.10. The first-order chi connectivity index (χ1) is 1.91. The van der Waals surface area contributed by atoms with E-state index in [-0.39, 0.29) is 0 Å². The van der Waals surface area contributed by atoms with Crippen molar-refractivity contribution in [1.82, 2.24) is 0 Å². The smallest absolute Gasteiger partial charge is 0.0151 e. The van der Waals surface area contributed by atoms with Crippen molar-refractivity contribution in [1.29, 1.82) is 5.41 Å². The zero-order chi connectivity index (χ0) is 3.41. The van der Waals surface area contributed by atoms with Crippen molar-refractivity contribution in [3.63, 3.8) is 0 Å². The van der Waals surface area contributed by atoms with Gasteiger partial charge >= 0.3 is 0 Å². The molecule has 0 saturated carbocycles. The highest BCUT2D eigenvalue weighted by molar-refractivity contribution is 7.54. The van der Waals surface area contributed by atoms with E-state index in [1.165, 1.54) is 5.96 Å². The molecular weight excluding hydrogens is 69.0 g/mol. The summed E-state index contributed by atoms with van der Waals surface area (Å²) in [7, 11) is 0.682. The van der Waals surface area contributed by atoms with Crippen LogP contribution in [0.5, 0.6) is 0 Å². The molecule has 0 radical (unpaired) electrons. The molecule has 1 unspecified atom stereocenters. The number of hydrogen-bond acceptors (Lipinski definition) is 1. The Morgan fingerprint density at radius 1 is 2.00 bits per heavy atom. The van der Waals surface area contributed by atoms with E-state index in [0.29, 0.717) is 8.58 Å². The molecule has 0 aliphatic rings. The molecule has 0 amide bonds. The van der Waals surface area contributed by atoms with Crippen molar-refractivity contribution in [3.8, 4) is 0 Å². The zero-order valence-electron chi connectivity index (χ0n) is 2.58. The second kappa shape index (κ2) is 3.10. The summed E-state index contributed by atoms with van der Waals surface area (Å²) in [6.07, 6.45) is 0. The molecule has 0 spiro atoms. The van der Waals surface area contributed by atoms with Crippen molar-refractivity contribution in [2.45, 2.75) is 0 Å². The Morgan fingerprint density at radius 3 is 2.25 bits per heavy atom. The van der Waals surface area contributed by atoms with Crippen LogP contribution in [-0.4, -0.2) is 12.6 Å². The fourth-order valence-corrected chi connectivity index (χ4v) is 0. The van der Waals surface area contributed by atoms with Gasteiger partial charge in [0.05, 0.1) is 0 Å². The lowest BCUT2D eigenvalue weighted by molar-refractivity contribution is 1.60. The molecule has 0 aliphatic carbocycles. The Bertz CT molecular complexity index is 20.0. The number of nitrogens with one attached hydrogen (secondary N) is 1. The van der Waals surface area contributed by atoms with E-state index < -0.39 is 0 Å². The molecule has 0 aromatic rings. The Balaban J connectivity index is 2.30. The van der Waals surface area contributed by atoms with Gasteiger partial charge in [-0.15, -0.1) is 0 Å². The molecule has 0 fully saturated rings. The van der Waals surface area contributed by atoms with Gasteiger partial charge in [-0.2, -0.15) is 0 Å². The maximum atomic E-state index is 6.34. The van der Waals surface area contributed by atoms with Gasteiger partial charge in [-0.05, 0) is 6.66 Å². The van der Waals surface area contributed by atoms with Gasteiger partial charge in [0, 0.05) is 5.96 Å². The van der Waals surface area contributed by atoms with E-state index in [2.05, 4.69) is 0 Å². The topological polar surface area (TPSA) is 23.9 Å². The van der Waals surface area contributed by atoms with Gasteiger partial charge in [0.15, 0.2) is 0 Å². The van der Waals surface area contributed by atoms with Gasteiger partial charge < -0.3 is 5.41 Å². The van der Waals surface area contributed by atoms with Crippen molar-refractivity contribution >= 4 is 14.5 Å². The van der Waals surface area contributed by atoms with E-state index >= 15 is 0 Å². The normalized spacial score (nSPS) is 9.25. The highest BCUT2D eigenvalue weighted by atomic mass is 31.1. The Hall–Kier alpha value is 0.100. The summed E-state index contributed by atoms with van der Waals surface area (Å²) in [6, 6.07) is 0. The quantitative estimate of drug-likeness (QED) is 0.353. The molecule has 0 bridgehead atoms. The van der Waals surface area contributed by atoms with Gasteiger partial charge in [0.2, 0.25) is 0 Å². The molecule has 0 rings (SSSR count). The number of rotatable bonds is 1. The second-order valence-electron chi connectivity index (χ2n) is 0.433. The first-order valence-corrected chi connectivity index (χ1v) is 2.65. The Morgan fingerprint density at radius 2 is 2.25 bits per heavy atom. The van der Waals surface area contributed by atoms with Crippen LogP contribution >= 0.6 is 8.58 Å². The maximum Gasteiger partial charge on any atom is 0.0151 e. The van der Waals surface area contributed by atoms with Crippen LogP contribution < -0.4 is 0 Å². The van der Waals surface area contributed by atoms with Crippen LogP contribution in [0.1, 0.15) is 0 Å². The highest BCUT2D eigenvalue weighted by Gasteiger charge is 1.45. The fourth-order valence-electron chi connectivity index (χ4n) is 0. The number of hydrogen-bond donors (Lipinski definition) is 1. The molecular formula is C2H6NP. The van der Waals surface area contributed by atoms with E-state index in [1.54, 1.807) is 0 Å². The van der Waals surface area contributed by atoms with E-state index in [9.17, 15) is 0 Å². The van der Waals surface area contributed by atoms with Gasteiger partial charge in [-0.1, -0.05) is 8.58 Å².